The van der Waals surface area contributed by atoms with Gasteiger partial charge >= 0.3 is 0 Å². The van der Waals surface area contributed by atoms with E-state index >= 15 is 0 Å². The van der Waals surface area contributed by atoms with Gasteiger partial charge in [-0.1, -0.05) is 38.1 Å². The fourth-order valence-corrected chi connectivity index (χ4v) is 4.50. The minimum absolute atomic E-state index is 0.0349. The first-order valence-corrected chi connectivity index (χ1v) is 8.91. The predicted octanol–water partition coefficient (Wildman–Crippen LogP) is 4.87. The number of nitrogens with two attached hydrogens (primary N) is 1. The third kappa shape index (κ3) is 3.38. The van der Waals surface area contributed by atoms with E-state index in [1.54, 1.807) is 10.4 Å². The van der Waals surface area contributed by atoms with Crippen LogP contribution in [-0.4, -0.2) is 0 Å². The predicted molar refractivity (Wildman–Crippen MR) is 92.0 cm³/mol. The first-order valence-electron chi connectivity index (χ1n) is 8.09. The summed E-state index contributed by atoms with van der Waals surface area (Å²) in [7, 11) is 0. The molecule has 1 heterocycles. The van der Waals surface area contributed by atoms with Crippen LogP contribution in [0.4, 0.5) is 0 Å². The van der Waals surface area contributed by atoms with E-state index in [0.29, 0.717) is 5.92 Å². The quantitative estimate of drug-likeness (QED) is 0.856. The Balaban J connectivity index is 1.84. The van der Waals surface area contributed by atoms with Gasteiger partial charge < -0.3 is 5.73 Å². The lowest BCUT2D eigenvalue weighted by molar-refractivity contribution is 0.646. The molecule has 1 aromatic heterocycles. The maximum atomic E-state index is 6.54. The highest BCUT2D eigenvalue weighted by Gasteiger charge is 2.18. The molecule has 112 valence electrons. The number of hydrogen-bond donors (Lipinski definition) is 1. The number of fused-ring (bicyclic) bond motifs is 1. The van der Waals surface area contributed by atoms with Gasteiger partial charge in [-0.05, 0) is 60.8 Å². The number of aryl methyl sites for hydroxylation is 2. The molecule has 1 aliphatic rings. The van der Waals surface area contributed by atoms with Gasteiger partial charge in [0.1, 0.15) is 0 Å². The Morgan fingerprint density at radius 2 is 1.95 bits per heavy atom. The van der Waals surface area contributed by atoms with E-state index < -0.39 is 0 Å². The number of thiophene rings is 1. The van der Waals surface area contributed by atoms with Gasteiger partial charge in [0.15, 0.2) is 0 Å². The smallest absolute Gasteiger partial charge is 0.0646 e. The van der Waals surface area contributed by atoms with Crippen LogP contribution in [0.3, 0.4) is 0 Å². The van der Waals surface area contributed by atoms with Crippen molar-refractivity contribution in [3.8, 4) is 0 Å². The molecule has 0 amide bonds. The van der Waals surface area contributed by atoms with Crippen molar-refractivity contribution in [3.05, 3.63) is 56.8 Å². The van der Waals surface area contributed by atoms with Gasteiger partial charge in [0.25, 0.3) is 0 Å². The zero-order valence-corrected chi connectivity index (χ0v) is 13.9. The third-order valence-electron chi connectivity index (χ3n) is 4.28. The first-order chi connectivity index (χ1) is 10.1. The maximum absolute atomic E-state index is 6.54. The van der Waals surface area contributed by atoms with Crippen LogP contribution in [0, 0.1) is 5.92 Å². The second-order valence-corrected chi connectivity index (χ2v) is 7.79. The average Bonchev–Trinajstić information content (AvgIpc) is 2.90. The highest BCUT2D eigenvalue weighted by Crippen LogP contribution is 2.34. The molecule has 0 bridgehead atoms. The van der Waals surface area contributed by atoms with E-state index in [2.05, 4.69) is 44.2 Å². The minimum Gasteiger partial charge on any atom is -0.320 e. The van der Waals surface area contributed by atoms with E-state index in [0.717, 1.165) is 6.42 Å². The molecule has 2 N–H and O–H groups in total. The Morgan fingerprint density at radius 1 is 1.14 bits per heavy atom. The van der Waals surface area contributed by atoms with Crippen molar-refractivity contribution in [2.24, 2.45) is 11.7 Å². The van der Waals surface area contributed by atoms with Crippen molar-refractivity contribution in [1.82, 2.24) is 0 Å². The highest BCUT2D eigenvalue weighted by atomic mass is 32.1. The van der Waals surface area contributed by atoms with Crippen LogP contribution in [0.25, 0.3) is 0 Å². The molecule has 0 spiro atoms. The topological polar surface area (TPSA) is 26.0 Å². The normalized spacial score (nSPS) is 16.0. The lowest BCUT2D eigenvalue weighted by Gasteiger charge is -2.12. The highest BCUT2D eigenvalue weighted by molar-refractivity contribution is 7.12. The summed E-state index contributed by atoms with van der Waals surface area (Å²) < 4.78 is 0. The molecule has 0 fully saturated rings. The molecule has 1 aliphatic carbocycles. The van der Waals surface area contributed by atoms with Crippen LogP contribution in [-0.2, 0) is 19.3 Å². The SMILES string of the molecule is CC(C)Cc1cccc(C(N)c2cc3c(s2)CCCC3)c1. The van der Waals surface area contributed by atoms with Crippen molar-refractivity contribution in [3.63, 3.8) is 0 Å². The standard InChI is InChI=1S/C19H25NS/c1-13(2)10-14-6-5-8-16(11-14)19(20)18-12-15-7-3-4-9-17(15)21-18/h5-6,8,11-13,19H,3-4,7,9-10,20H2,1-2H3. The molecule has 1 unspecified atom stereocenters. The van der Waals surface area contributed by atoms with Crippen LogP contribution < -0.4 is 5.73 Å². The summed E-state index contributed by atoms with van der Waals surface area (Å²) in [6.07, 6.45) is 6.29. The number of rotatable bonds is 4. The second-order valence-electron chi connectivity index (χ2n) is 6.62. The summed E-state index contributed by atoms with van der Waals surface area (Å²) in [5.74, 6) is 0.686. The lowest BCUT2D eigenvalue weighted by atomic mass is 9.96. The summed E-state index contributed by atoms with van der Waals surface area (Å²) in [4.78, 5) is 2.91. The first kappa shape index (κ1) is 14.8. The molecule has 0 saturated carbocycles. The van der Waals surface area contributed by atoms with Crippen molar-refractivity contribution < 1.29 is 0 Å². The molecule has 0 aliphatic heterocycles. The van der Waals surface area contributed by atoms with E-state index in [-0.39, 0.29) is 6.04 Å². The second kappa shape index (κ2) is 6.33. The molecule has 1 atom stereocenters. The van der Waals surface area contributed by atoms with Crippen molar-refractivity contribution in [2.75, 3.05) is 0 Å². The van der Waals surface area contributed by atoms with Gasteiger partial charge in [0, 0.05) is 9.75 Å². The summed E-state index contributed by atoms with van der Waals surface area (Å²) >= 11 is 1.93. The van der Waals surface area contributed by atoms with Gasteiger partial charge in [-0.3, -0.25) is 0 Å². The van der Waals surface area contributed by atoms with Crippen LogP contribution in [0.1, 0.15) is 59.2 Å². The molecular formula is C19H25NS. The number of benzene rings is 1. The summed E-state index contributed by atoms with van der Waals surface area (Å²) in [6.45, 7) is 4.53. The largest absolute Gasteiger partial charge is 0.320 e. The van der Waals surface area contributed by atoms with Gasteiger partial charge in [0.05, 0.1) is 6.04 Å². The molecule has 0 radical (unpaired) electrons. The Bertz CT molecular complexity index is 588. The van der Waals surface area contributed by atoms with Crippen LogP contribution in [0.15, 0.2) is 30.3 Å². The maximum Gasteiger partial charge on any atom is 0.0646 e. The van der Waals surface area contributed by atoms with E-state index in [1.165, 1.54) is 41.7 Å². The Morgan fingerprint density at radius 3 is 2.71 bits per heavy atom. The van der Waals surface area contributed by atoms with Crippen molar-refractivity contribution >= 4 is 11.3 Å². The molecule has 2 aromatic rings. The fraction of sp³-hybridized carbons (Fsp3) is 0.474. The van der Waals surface area contributed by atoms with Crippen LogP contribution in [0.2, 0.25) is 0 Å². The average molecular weight is 299 g/mol. The van der Waals surface area contributed by atoms with Crippen LogP contribution in [0.5, 0.6) is 0 Å². The Hall–Kier alpha value is -1.12. The fourth-order valence-electron chi connectivity index (χ4n) is 3.22. The van der Waals surface area contributed by atoms with Gasteiger partial charge in [-0.2, -0.15) is 0 Å². The van der Waals surface area contributed by atoms with Gasteiger partial charge in [-0.25, -0.2) is 0 Å². The molecule has 0 saturated heterocycles. The zero-order valence-electron chi connectivity index (χ0n) is 13.1. The summed E-state index contributed by atoms with van der Waals surface area (Å²) in [5.41, 5.74) is 10.7. The molecule has 1 nitrogen and oxygen atoms in total. The van der Waals surface area contributed by atoms with E-state index in [4.69, 9.17) is 5.73 Å². The monoisotopic (exact) mass is 299 g/mol. The number of hydrogen-bond acceptors (Lipinski definition) is 2. The van der Waals surface area contributed by atoms with Crippen molar-refractivity contribution in [2.45, 2.75) is 52.0 Å². The van der Waals surface area contributed by atoms with Gasteiger partial charge in [-0.15, -0.1) is 11.3 Å². The summed E-state index contributed by atoms with van der Waals surface area (Å²) in [6, 6.07) is 11.2. The Kier molecular flexibility index (Phi) is 4.46. The van der Waals surface area contributed by atoms with E-state index in [9.17, 15) is 0 Å². The molecule has 2 heteroatoms. The molecule has 21 heavy (non-hydrogen) atoms. The van der Waals surface area contributed by atoms with Crippen molar-refractivity contribution in [1.29, 1.82) is 0 Å². The Labute approximate surface area is 132 Å². The third-order valence-corrected chi connectivity index (χ3v) is 5.60. The molecular weight excluding hydrogens is 274 g/mol. The van der Waals surface area contributed by atoms with Crippen LogP contribution >= 0.6 is 11.3 Å². The minimum atomic E-state index is 0.0349. The van der Waals surface area contributed by atoms with E-state index in [1.807, 2.05) is 11.3 Å². The lowest BCUT2D eigenvalue weighted by Crippen LogP contribution is -2.10. The molecule has 3 rings (SSSR count). The molecule has 1 aromatic carbocycles. The zero-order chi connectivity index (χ0) is 14.8. The van der Waals surface area contributed by atoms with Gasteiger partial charge in [0.2, 0.25) is 0 Å². The summed E-state index contributed by atoms with van der Waals surface area (Å²) in [5, 5.41) is 0.